The molecule has 0 saturated carbocycles. The van der Waals surface area contributed by atoms with E-state index >= 15 is 0 Å². The van der Waals surface area contributed by atoms with Crippen LogP contribution in [-0.2, 0) is 4.57 Å². The molecule has 4 N–H and O–H groups in total. The molecule has 2 aromatic carbocycles. The monoisotopic (exact) mass is 481 g/mol. The van der Waals surface area contributed by atoms with Crippen LogP contribution in [0.3, 0.4) is 0 Å². The van der Waals surface area contributed by atoms with Crippen molar-refractivity contribution in [3.63, 3.8) is 0 Å². The van der Waals surface area contributed by atoms with Crippen LogP contribution in [0.15, 0.2) is 45.6 Å². The van der Waals surface area contributed by atoms with Crippen molar-refractivity contribution in [2.45, 2.75) is 18.4 Å². The summed E-state index contributed by atoms with van der Waals surface area (Å²) in [5, 5.41) is 21.4. The SMILES string of the molecule is CN1CC[C@@H](c2c(OP(=O)(O)O)cc(O)c3c(=O)cc(-c4ccccc4Cl)oc23)[C@@H](O)C1. The summed E-state index contributed by atoms with van der Waals surface area (Å²) in [6.07, 6.45) is -0.537. The van der Waals surface area contributed by atoms with E-state index in [1.807, 2.05) is 11.9 Å². The Hall–Kier alpha value is -2.39. The highest BCUT2D eigenvalue weighted by atomic mass is 35.5. The molecule has 0 unspecified atom stereocenters. The lowest BCUT2D eigenvalue weighted by molar-refractivity contribution is 0.0632. The van der Waals surface area contributed by atoms with E-state index in [0.717, 1.165) is 6.07 Å². The van der Waals surface area contributed by atoms with Crippen molar-refractivity contribution >= 4 is 30.4 Å². The van der Waals surface area contributed by atoms with Crippen LogP contribution < -0.4 is 9.95 Å². The summed E-state index contributed by atoms with van der Waals surface area (Å²) in [7, 11) is -3.20. The first kappa shape index (κ1) is 22.8. The van der Waals surface area contributed by atoms with E-state index in [2.05, 4.69) is 0 Å². The molecular weight excluding hydrogens is 461 g/mol. The third kappa shape index (κ3) is 4.41. The van der Waals surface area contributed by atoms with E-state index in [4.69, 9.17) is 20.5 Å². The smallest absolute Gasteiger partial charge is 0.507 e. The van der Waals surface area contributed by atoms with Crippen molar-refractivity contribution in [3.05, 3.63) is 57.2 Å². The van der Waals surface area contributed by atoms with Gasteiger partial charge in [0.2, 0.25) is 0 Å². The van der Waals surface area contributed by atoms with Gasteiger partial charge >= 0.3 is 7.82 Å². The minimum Gasteiger partial charge on any atom is -0.507 e. The van der Waals surface area contributed by atoms with Crippen molar-refractivity contribution in [1.29, 1.82) is 0 Å². The average Bonchev–Trinajstić information content (AvgIpc) is 2.68. The molecular formula is C21H21ClNO8P. The van der Waals surface area contributed by atoms with E-state index in [9.17, 15) is 29.4 Å². The highest BCUT2D eigenvalue weighted by molar-refractivity contribution is 7.46. The van der Waals surface area contributed by atoms with Crippen LogP contribution in [0.25, 0.3) is 22.3 Å². The predicted molar refractivity (Wildman–Crippen MR) is 118 cm³/mol. The van der Waals surface area contributed by atoms with Crippen LogP contribution in [0.4, 0.5) is 0 Å². The highest BCUT2D eigenvalue weighted by Gasteiger charge is 2.35. The molecule has 0 spiro atoms. The molecule has 2 heterocycles. The van der Waals surface area contributed by atoms with Crippen LogP contribution >= 0.6 is 19.4 Å². The number of hydrogen-bond acceptors (Lipinski definition) is 7. The van der Waals surface area contributed by atoms with Crippen molar-refractivity contribution in [2.24, 2.45) is 0 Å². The van der Waals surface area contributed by atoms with Gasteiger partial charge in [0.05, 0.1) is 11.1 Å². The molecule has 2 atom stereocenters. The summed E-state index contributed by atoms with van der Waals surface area (Å²) < 4.78 is 22.5. The number of rotatable bonds is 4. The summed E-state index contributed by atoms with van der Waals surface area (Å²) >= 11 is 6.26. The molecule has 11 heteroatoms. The van der Waals surface area contributed by atoms with Gasteiger partial charge in [0.1, 0.15) is 28.2 Å². The number of aliphatic hydroxyl groups excluding tert-OH is 1. The number of aromatic hydroxyl groups is 1. The number of piperidine rings is 1. The van der Waals surface area contributed by atoms with Crippen LogP contribution in [0.5, 0.6) is 11.5 Å². The fourth-order valence-corrected chi connectivity index (χ4v) is 4.72. The Bertz CT molecular complexity index is 1290. The summed E-state index contributed by atoms with van der Waals surface area (Å²) in [6, 6.07) is 8.83. The van der Waals surface area contributed by atoms with Gasteiger partial charge in [-0.2, -0.15) is 0 Å². The Kier molecular flexibility index (Phi) is 6.06. The van der Waals surface area contributed by atoms with E-state index in [1.54, 1.807) is 24.3 Å². The average molecular weight is 482 g/mol. The topological polar surface area (TPSA) is 141 Å². The van der Waals surface area contributed by atoms with Crippen molar-refractivity contribution in [2.75, 3.05) is 20.1 Å². The highest BCUT2D eigenvalue weighted by Crippen LogP contribution is 2.48. The summed E-state index contributed by atoms with van der Waals surface area (Å²) in [5.41, 5.74) is -0.175. The fraction of sp³-hybridized carbons (Fsp3) is 0.286. The Morgan fingerprint density at radius 2 is 1.97 bits per heavy atom. The van der Waals surface area contributed by atoms with Crippen LogP contribution in [0.1, 0.15) is 17.9 Å². The minimum atomic E-state index is -5.03. The second-order valence-corrected chi connectivity index (χ2v) is 9.34. The Labute approximate surface area is 187 Å². The Morgan fingerprint density at radius 3 is 2.62 bits per heavy atom. The second kappa shape index (κ2) is 8.51. The molecule has 1 aliphatic heterocycles. The predicted octanol–water partition coefficient (Wildman–Crippen LogP) is 3.07. The van der Waals surface area contributed by atoms with Gasteiger partial charge in [0, 0.05) is 35.7 Å². The molecule has 3 aromatic rings. The summed E-state index contributed by atoms with van der Waals surface area (Å²) in [6.45, 7) is 0.866. The van der Waals surface area contributed by atoms with E-state index < -0.39 is 31.0 Å². The molecule has 0 aliphatic carbocycles. The molecule has 0 radical (unpaired) electrons. The molecule has 170 valence electrons. The van der Waals surface area contributed by atoms with Crippen molar-refractivity contribution in [1.82, 2.24) is 4.90 Å². The Morgan fingerprint density at radius 1 is 1.25 bits per heavy atom. The Balaban J connectivity index is 2.05. The number of hydrogen-bond donors (Lipinski definition) is 4. The number of fused-ring (bicyclic) bond motifs is 1. The van der Waals surface area contributed by atoms with Crippen molar-refractivity contribution < 1.29 is 33.5 Å². The first-order valence-corrected chi connectivity index (χ1v) is 11.7. The number of phenolic OH excluding ortho intramolecular Hbond substituents is 1. The van der Waals surface area contributed by atoms with Gasteiger partial charge in [-0.05, 0) is 32.1 Å². The number of benzene rings is 2. The number of phosphoric ester groups is 1. The lowest BCUT2D eigenvalue weighted by Gasteiger charge is -2.34. The van der Waals surface area contributed by atoms with Crippen LogP contribution in [-0.4, -0.2) is 51.1 Å². The van der Waals surface area contributed by atoms with Gasteiger partial charge < -0.3 is 24.1 Å². The lowest BCUT2D eigenvalue weighted by Crippen LogP contribution is -2.40. The van der Waals surface area contributed by atoms with Gasteiger partial charge in [-0.3, -0.25) is 14.6 Å². The molecule has 9 nitrogen and oxygen atoms in total. The number of aliphatic hydroxyl groups is 1. The number of halogens is 1. The molecule has 1 aromatic heterocycles. The quantitative estimate of drug-likeness (QED) is 0.414. The van der Waals surface area contributed by atoms with E-state index in [-0.39, 0.29) is 34.6 Å². The van der Waals surface area contributed by atoms with Gasteiger partial charge in [0.15, 0.2) is 5.43 Å². The third-order valence-electron chi connectivity index (χ3n) is 5.49. The molecule has 1 fully saturated rings. The third-order valence-corrected chi connectivity index (χ3v) is 6.26. The number of likely N-dealkylation sites (tertiary alicyclic amines) is 1. The number of phosphoric acid groups is 1. The molecule has 1 saturated heterocycles. The van der Waals surface area contributed by atoms with Gasteiger partial charge in [0.25, 0.3) is 0 Å². The summed E-state index contributed by atoms with van der Waals surface area (Å²) in [5.74, 6) is -1.49. The first-order chi connectivity index (χ1) is 15.0. The van der Waals surface area contributed by atoms with Gasteiger partial charge in [-0.25, -0.2) is 4.57 Å². The lowest BCUT2D eigenvalue weighted by atomic mass is 9.85. The van der Waals surface area contributed by atoms with Crippen LogP contribution in [0, 0.1) is 0 Å². The normalized spacial score (nSPS) is 19.9. The first-order valence-electron chi connectivity index (χ1n) is 9.75. The summed E-state index contributed by atoms with van der Waals surface area (Å²) in [4.78, 5) is 33.7. The molecule has 1 aliphatic rings. The van der Waals surface area contributed by atoms with Gasteiger partial charge in [-0.1, -0.05) is 23.7 Å². The second-order valence-electron chi connectivity index (χ2n) is 7.77. The number of phenols is 1. The maximum atomic E-state index is 12.9. The molecule has 32 heavy (non-hydrogen) atoms. The van der Waals surface area contributed by atoms with Crippen LogP contribution in [0.2, 0.25) is 5.02 Å². The zero-order valence-electron chi connectivity index (χ0n) is 16.9. The zero-order valence-corrected chi connectivity index (χ0v) is 18.6. The number of β-amino-alcohol motifs (C(OH)–C–C–N with tert-alkyl or cyclic N) is 1. The van der Waals surface area contributed by atoms with Gasteiger partial charge in [-0.15, -0.1) is 0 Å². The standard InChI is InChI=1S/C21H21ClNO8P/c1-23-7-6-12(16(26)10-23)19-18(31-32(27,28)29)9-15(25)20-14(24)8-17(30-21(19)20)11-4-2-3-5-13(11)22/h2-5,8-9,12,16,25-26H,6-7,10H2,1H3,(H2,27,28,29)/t12-,16+/m1/s1. The molecule has 0 bridgehead atoms. The maximum absolute atomic E-state index is 12.9. The zero-order chi connectivity index (χ0) is 23.2. The van der Waals surface area contributed by atoms with Crippen molar-refractivity contribution in [3.8, 4) is 22.8 Å². The van der Waals surface area contributed by atoms with E-state index in [1.165, 1.54) is 6.07 Å². The fourth-order valence-electron chi connectivity index (χ4n) is 4.09. The largest absolute Gasteiger partial charge is 0.524 e. The molecule has 0 amide bonds. The number of likely N-dealkylation sites (N-methyl/N-ethyl adjacent to an activating group) is 1. The minimum absolute atomic E-state index is 0.101. The molecule has 4 rings (SSSR count). The maximum Gasteiger partial charge on any atom is 0.524 e. The van der Waals surface area contributed by atoms with E-state index in [0.29, 0.717) is 23.6 Å². The number of nitrogens with zero attached hydrogens (tertiary/aromatic N) is 1.